The standard InChI is InChI=1S/C19H23N3O2/c1-13-10-14(2)18(15(3)11-13)21-16-4-5-20-17(12-16)19(23)22-6-8-24-9-7-22/h4-5,10-12H,6-9H2,1-3H3,(H,20,21). The van der Waals surface area contributed by atoms with Gasteiger partial charge in [-0.15, -0.1) is 0 Å². The minimum Gasteiger partial charge on any atom is -0.378 e. The number of nitrogens with zero attached hydrogens (tertiary/aromatic N) is 2. The number of anilines is 2. The molecule has 0 unspecified atom stereocenters. The zero-order valence-corrected chi connectivity index (χ0v) is 14.4. The van der Waals surface area contributed by atoms with E-state index in [-0.39, 0.29) is 5.91 Å². The molecule has 0 saturated carbocycles. The van der Waals surface area contributed by atoms with Gasteiger partial charge in [-0.25, -0.2) is 0 Å². The van der Waals surface area contributed by atoms with Crippen LogP contribution < -0.4 is 5.32 Å². The normalized spacial score (nSPS) is 14.5. The average Bonchev–Trinajstić information content (AvgIpc) is 2.58. The van der Waals surface area contributed by atoms with Crippen LogP contribution in [0.4, 0.5) is 11.4 Å². The number of ether oxygens (including phenoxy) is 1. The maximum atomic E-state index is 12.6. The fourth-order valence-corrected chi connectivity index (χ4v) is 3.08. The van der Waals surface area contributed by atoms with Crippen LogP contribution in [0.2, 0.25) is 0 Å². The van der Waals surface area contributed by atoms with Crippen molar-refractivity contribution in [2.75, 3.05) is 31.6 Å². The zero-order valence-electron chi connectivity index (χ0n) is 14.4. The summed E-state index contributed by atoms with van der Waals surface area (Å²) in [6, 6.07) is 8.00. The minimum atomic E-state index is -0.0423. The number of hydrogen-bond acceptors (Lipinski definition) is 4. The van der Waals surface area contributed by atoms with E-state index >= 15 is 0 Å². The Hall–Kier alpha value is -2.40. The summed E-state index contributed by atoms with van der Waals surface area (Å²) in [4.78, 5) is 18.6. The highest BCUT2D eigenvalue weighted by Gasteiger charge is 2.19. The SMILES string of the molecule is Cc1cc(C)c(Nc2ccnc(C(=O)N3CCOCC3)c2)c(C)c1. The second-order valence-electron chi connectivity index (χ2n) is 6.23. The summed E-state index contributed by atoms with van der Waals surface area (Å²) in [5.41, 5.74) is 6.03. The maximum Gasteiger partial charge on any atom is 0.272 e. The molecule has 1 saturated heterocycles. The Morgan fingerprint density at radius 2 is 1.79 bits per heavy atom. The van der Waals surface area contributed by atoms with Gasteiger partial charge in [-0.3, -0.25) is 9.78 Å². The van der Waals surface area contributed by atoms with Crippen LogP contribution >= 0.6 is 0 Å². The lowest BCUT2D eigenvalue weighted by Crippen LogP contribution is -2.41. The van der Waals surface area contributed by atoms with Crippen molar-refractivity contribution in [3.63, 3.8) is 0 Å². The largest absolute Gasteiger partial charge is 0.378 e. The fraction of sp³-hybridized carbons (Fsp3) is 0.368. The van der Waals surface area contributed by atoms with Crippen molar-refractivity contribution in [2.45, 2.75) is 20.8 Å². The molecular weight excluding hydrogens is 302 g/mol. The van der Waals surface area contributed by atoms with Crippen LogP contribution in [0.1, 0.15) is 27.2 Å². The number of carbonyl (C=O) groups is 1. The topological polar surface area (TPSA) is 54.5 Å². The zero-order chi connectivity index (χ0) is 17.1. The number of pyridine rings is 1. The van der Waals surface area contributed by atoms with E-state index in [9.17, 15) is 4.79 Å². The number of aromatic nitrogens is 1. The molecule has 1 aromatic carbocycles. The molecule has 1 aliphatic rings. The summed E-state index contributed by atoms with van der Waals surface area (Å²) in [5.74, 6) is -0.0423. The van der Waals surface area contributed by atoms with E-state index in [0.717, 1.165) is 11.4 Å². The van der Waals surface area contributed by atoms with Gasteiger partial charge in [0.1, 0.15) is 5.69 Å². The van der Waals surface area contributed by atoms with Gasteiger partial charge < -0.3 is 15.0 Å². The third kappa shape index (κ3) is 3.57. The summed E-state index contributed by atoms with van der Waals surface area (Å²) in [7, 11) is 0. The van der Waals surface area contributed by atoms with Crippen LogP contribution in [-0.4, -0.2) is 42.1 Å². The van der Waals surface area contributed by atoms with Crippen molar-refractivity contribution in [3.8, 4) is 0 Å². The van der Waals surface area contributed by atoms with Crippen LogP contribution in [0.3, 0.4) is 0 Å². The molecule has 5 nitrogen and oxygen atoms in total. The summed E-state index contributed by atoms with van der Waals surface area (Å²) in [5, 5.41) is 3.43. The molecule has 0 bridgehead atoms. The van der Waals surface area contributed by atoms with Gasteiger partial charge in [0.05, 0.1) is 13.2 Å². The maximum absolute atomic E-state index is 12.6. The van der Waals surface area contributed by atoms with E-state index in [4.69, 9.17) is 4.74 Å². The van der Waals surface area contributed by atoms with Gasteiger partial charge in [-0.05, 0) is 44.0 Å². The van der Waals surface area contributed by atoms with E-state index in [1.54, 1.807) is 11.1 Å². The average molecular weight is 325 g/mol. The van der Waals surface area contributed by atoms with E-state index in [1.165, 1.54) is 16.7 Å². The van der Waals surface area contributed by atoms with Crippen molar-refractivity contribution in [1.82, 2.24) is 9.88 Å². The Kier molecular flexibility index (Phi) is 4.81. The lowest BCUT2D eigenvalue weighted by molar-refractivity contribution is 0.0299. The Morgan fingerprint density at radius 3 is 2.46 bits per heavy atom. The van der Waals surface area contributed by atoms with Gasteiger partial charge in [0.2, 0.25) is 0 Å². The Bertz CT molecular complexity index is 729. The van der Waals surface area contributed by atoms with Gasteiger partial charge >= 0.3 is 0 Å². The molecule has 24 heavy (non-hydrogen) atoms. The number of benzene rings is 1. The first-order valence-corrected chi connectivity index (χ1v) is 8.22. The summed E-state index contributed by atoms with van der Waals surface area (Å²) in [6.45, 7) is 8.68. The molecule has 1 aromatic heterocycles. The molecule has 1 amide bonds. The first kappa shape index (κ1) is 16.5. The first-order chi connectivity index (χ1) is 11.5. The van der Waals surface area contributed by atoms with E-state index in [0.29, 0.717) is 32.0 Å². The van der Waals surface area contributed by atoms with Crippen LogP contribution in [0.25, 0.3) is 0 Å². The minimum absolute atomic E-state index is 0.0423. The van der Waals surface area contributed by atoms with Crippen molar-refractivity contribution >= 4 is 17.3 Å². The van der Waals surface area contributed by atoms with Gasteiger partial charge in [-0.2, -0.15) is 0 Å². The third-order valence-corrected chi connectivity index (χ3v) is 4.22. The van der Waals surface area contributed by atoms with Gasteiger partial charge in [0, 0.05) is 30.7 Å². The lowest BCUT2D eigenvalue weighted by Gasteiger charge is -2.26. The van der Waals surface area contributed by atoms with Crippen molar-refractivity contribution < 1.29 is 9.53 Å². The van der Waals surface area contributed by atoms with Crippen molar-refractivity contribution in [3.05, 3.63) is 52.8 Å². The van der Waals surface area contributed by atoms with Crippen LogP contribution in [0, 0.1) is 20.8 Å². The quantitative estimate of drug-likeness (QED) is 0.941. The second kappa shape index (κ2) is 7.01. The van der Waals surface area contributed by atoms with Gasteiger partial charge in [0.25, 0.3) is 5.91 Å². The van der Waals surface area contributed by atoms with Gasteiger partial charge in [-0.1, -0.05) is 17.7 Å². The highest BCUT2D eigenvalue weighted by molar-refractivity contribution is 5.93. The van der Waals surface area contributed by atoms with E-state index in [1.807, 2.05) is 12.1 Å². The van der Waals surface area contributed by atoms with Crippen LogP contribution in [0.15, 0.2) is 30.5 Å². The fourth-order valence-electron chi connectivity index (χ4n) is 3.08. The molecule has 0 radical (unpaired) electrons. The van der Waals surface area contributed by atoms with E-state index < -0.39 is 0 Å². The molecule has 1 aliphatic heterocycles. The number of amides is 1. The summed E-state index contributed by atoms with van der Waals surface area (Å²) >= 11 is 0. The highest BCUT2D eigenvalue weighted by Crippen LogP contribution is 2.26. The van der Waals surface area contributed by atoms with Crippen molar-refractivity contribution in [2.24, 2.45) is 0 Å². The number of morpholine rings is 1. The Balaban J connectivity index is 1.82. The molecule has 1 fully saturated rings. The van der Waals surface area contributed by atoms with Crippen molar-refractivity contribution in [1.29, 1.82) is 0 Å². The smallest absolute Gasteiger partial charge is 0.272 e. The van der Waals surface area contributed by atoms with Crippen LogP contribution in [-0.2, 0) is 4.74 Å². The molecule has 2 heterocycles. The predicted molar refractivity (Wildman–Crippen MR) is 94.9 cm³/mol. The number of aryl methyl sites for hydroxylation is 3. The monoisotopic (exact) mass is 325 g/mol. The molecule has 3 rings (SSSR count). The molecule has 2 aromatic rings. The van der Waals surface area contributed by atoms with Gasteiger partial charge in [0.15, 0.2) is 0 Å². The lowest BCUT2D eigenvalue weighted by atomic mass is 10.0. The number of nitrogens with one attached hydrogen (secondary N) is 1. The summed E-state index contributed by atoms with van der Waals surface area (Å²) < 4.78 is 5.30. The first-order valence-electron chi connectivity index (χ1n) is 8.22. The number of carbonyl (C=O) groups excluding carboxylic acids is 1. The molecule has 126 valence electrons. The number of rotatable bonds is 3. The Morgan fingerprint density at radius 1 is 1.12 bits per heavy atom. The van der Waals surface area contributed by atoms with E-state index in [2.05, 4.69) is 43.2 Å². The molecule has 0 atom stereocenters. The molecule has 1 N–H and O–H groups in total. The predicted octanol–water partition coefficient (Wildman–Crippen LogP) is 3.22. The summed E-state index contributed by atoms with van der Waals surface area (Å²) in [6.07, 6.45) is 1.68. The molecule has 0 spiro atoms. The van der Waals surface area contributed by atoms with Crippen LogP contribution in [0.5, 0.6) is 0 Å². The third-order valence-electron chi connectivity index (χ3n) is 4.22. The molecular formula is C19H23N3O2. The number of hydrogen-bond donors (Lipinski definition) is 1. The molecule has 5 heteroatoms. The second-order valence-corrected chi connectivity index (χ2v) is 6.23. The molecule has 0 aliphatic carbocycles. The highest BCUT2D eigenvalue weighted by atomic mass is 16.5. The Labute approximate surface area is 142 Å².